The third-order valence-electron chi connectivity index (χ3n) is 2.84. The minimum absolute atomic E-state index is 0.508. The number of aromatic nitrogens is 2. The average molecular weight is 227 g/mol. The van der Waals surface area contributed by atoms with Gasteiger partial charge in [0.1, 0.15) is 17.3 Å². The van der Waals surface area contributed by atoms with Crippen LogP contribution in [0.3, 0.4) is 0 Å². The van der Waals surface area contributed by atoms with E-state index < -0.39 is 0 Å². The third kappa shape index (κ3) is 2.38. The highest BCUT2D eigenvalue weighted by Crippen LogP contribution is 2.21. The van der Waals surface area contributed by atoms with E-state index in [9.17, 15) is 0 Å². The lowest BCUT2D eigenvalue weighted by molar-refractivity contribution is 0.315. The monoisotopic (exact) mass is 226 g/mol. The number of hydrogen-bond acceptors (Lipinski definition) is 4. The molecule has 4 nitrogen and oxygen atoms in total. The van der Waals surface area contributed by atoms with Gasteiger partial charge in [-0.15, -0.1) is 0 Å². The Balaban J connectivity index is 2.08. The van der Waals surface area contributed by atoms with Crippen molar-refractivity contribution >= 4 is 17.4 Å². The van der Waals surface area contributed by atoms with E-state index in [0.717, 1.165) is 18.9 Å². The summed E-state index contributed by atoms with van der Waals surface area (Å²) in [6.07, 6.45) is 2.69. The Morgan fingerprint density at radius 1 is 1.47 bits per heavy atom. The van der Waals surface area contributed by atoms with Gasteiger partial charge in [0.25, 0.3) is 0 Å². The molecule has 0 amide bonds. The molecule has 0 saturated carbocycles. The second-order valence-corrected chi connectivity index (χ2v) is 4.44. The van der Waals surface area contributed by atoms with Crippen molar-refractivity contribution in [2.45, 2.75) is 12.5 Å². The molecule has 82 valence electrons. The highest BCUT2D eigenvalue weighted by atomic mass is 35.5. The first-order valence-electron chi connectivity index (χ1n) is 5.06. The van der Waals surface area contributed by atoms with Gasteiger partial charge in [0.15, 0.2) is 0 Å². The molecular weight excluding hydrogens is 212 g/mol. The summed E-state index contributed by atoms with van der Waals surface area (Å²) in [5.41, 5.74) is 0. The standard InChI is InChI=1S/C10H15ClN4/c1-14(2)8-3-4-15(6-8)10-5-9(11)12-7-13-10/h5,7-8H,3-4,6H2,1-2H3/t8-/m0/s1. The molecule has 15 heavy (non-hydrogen) atoms. The smallest absolute Gasteiger partial charge is 0.134 e. The SMILES string of the molecule is CN(C)[C@H]1CCN(c2cc(Cl)ncn2)C1. The zero-order valence-electron chi connectivity index (χ0n) is 9.02. The Morgan fingerprint density at radius 2 is 2.27 bits per heavy atom. The van der Waals surface area contributed by atoms with Gasteiger partial charge >= 0.3 is 0 Å². The molecule has 1 aliphatic rings. The van der Waals surface area contributed by atoms with Gasteiger partial charge in [0.2, 0.25) is 0 Å². The highest BCUT2D eigenvalue weighted by Gasteiger charge is 2.24. The first kappa shape index (κ1) is 10.6. The van der Waals surface area contributed by atoms with Crippen LogP contribution < -0.4 is 4.90 Å². The summed E-state index contributed by atoms with van der Waals surface area (Å²) >= 11 is 5.83. The van der Waals surface area contributed by atoms with Crippen LogP contribution in [-0.2, 0) is 0 Å². The van der Waals surface area contributed by atoms with Crippen molar-refractivity contribution in [3.63, 3.8) is 0 Å². The van der Waals surface area contributed by atoms with E-state index in [4.69, 9.17) is 11.6 Å². The molecule has 0 N–H and O–H groups in total. The average Bonchev–Trinajstić information content (AvgIpc) is 2.66. The van der Waals surface area contributed by atoms with Gasteiger partial charge in [-0.05, 0) is 20.5 Å². The lowest BCUT2D eigenvalue weighted by atomic mass is 10.2. The van der Waals surface area contributed by atoms with Gasteiger partial charge in [-0.2, -0.15) is 0 Å². The van der Waals surface area contributed by atoms with Gasteiger partial charge in [-0.25, -0.2) is 9.97 Å². The fourth-order valence-corrected chi connectivity index (χ4v) is 2.01. The zero-order chi connectivity index (χ0) is 10.8. The number of hydrogen-bond donors (Lipinski definition) is 0. The van der Waals surface area contributed by atoms with E-state index in [2.05, 4.69) is 33.9 Å². The summed E-state index contributed by atoms with van der Waals surface area (Å²) in [5.74, 6) is 0.930. The predicted octanol–water partition coefficient (Wildman–Crippen LogP) is 1.27. The van der Waals surface area contributed by atoms with Crippen molar-refractivity contribution in [1.82, 2.24) is 14.9 Å². The van der Waals surface area contributed by atoms with E-state index in [1.54, 1.807) is 0 Å². The van der Waals surface area contributed by atoms with E-state index in [1.807, 2.05) is 6.07 Å². The first-order valence-corrected chi connectivity index (χ1v) is 5.43. The minimum Gasteiger partial charge on any atom is -0.355 e. The van der Waals surface area contributed by atoms with Gasteiger partial charge in [0.05, 0.1) is 0 Å². The van der Waals surface area contributed by atoms with Crippen LogP contribution in [0.15, 0.2) is 12.4 Å². The molecule has 0 radical (unpaired) electrons. The quantitative estimate of drug-likeness (QED) is 0.711. The fraction of sp³-hybridized carbons (Fsp3) is 0.600. The van der Waals surface area contributed by atoms with Gasteiger partial charge in [-0.3, -0.25) is 0 Å². The van der Waals surface area contributed by atoms with Crippen molar-refractivity contribution in [2.75, 3.05) is 32.1 Å². The number of likely N-dealkylation sites (N-methyl/N-ethyl adjacent to an activating group) is 1. The summed E-state index contributed by atoms with van der Waals surface area (Å²) in [6, 6.07) is 2.43. The molecule has 1 aliphatic heterocycles. The molecule has 1 atom stereocenters. The number of anilines is 1. The van der Waals surface area contributed by atoms with E-state index in [1.165, 1.54) is 12.7 Å². The second-order valence-electron chi connectivity index (χ2n) is 4.05. The third-order valence-corrected chi connectivity index (χ3v) is 3.04. The largest absolute Gasteiger partial charge is 0.355 e. The molecule has 0 spiro atoms. The Labute approximate surface area is 94.9 Å². The Hall–Kier alpha value is -0.870. The topological polar surface area (TPSA) is 32.3 Å². The van der Waals surface area contributed by atoms with Crippen LogP contribution in [0.4, 0.5) is 5.82 Å². The Morgan fingerprint density at radius 3 is 2.87 bits per heavy atom. The molecule has 0 aromatic carbocycles. The van der Waals surface area contributed by atoms with E-state index in [-0.39, 0.29) is 0 Å². The maximum atomic E-state index is 5.83. The number of rotatable bonds is 2. The van der Waals surface area contributed by atoms with Gasteiger partial charge in [0, 0.05) is 25.2 Å². The molecule has 1 fully saturated rings. The van der Waals surface area contributed by atoms with Crippen LogP contribution >= 0.6 is 11.6 Å². The molecule has 0 aliphatic carbocycles. The van der Waals surface area contributed by atoms with Crippen LogP contribution in [0.1, 0.15) is 6.42 Å². The lowest BCUT2D eigenvalue weighted by Gasteiger charge is -2.20. The molecule has 1 saturated heterocycles. The normalized spacial score (nSPS) is 21.3. The number of nitrogens with zero attached hydrogens (tertiary/aromatic N) is 4. The summed E-state index contributed by atoms with van der Waals surface area (Å²) in [6.45, 7) is 2.05. The fourth-order valence-electron chi connectivity index (χ4n) is 1.87. The molecule has 5 heteroatoms. The summed E-state index contributed by atoms with van der Waals surface area (Å²) in [4.78, 5) is 12.6. The van der Waals surface area contributed by atoms with E-state index >= 15 is 0 Å². The van der Waals surface area contributed by atoms with Crippen molar-refractivity contribution in [2.24, 2.45) is 0 Å². The molecule has 2 heterocycles. The van der Waals surface area contributed by atoms with Crippen LogP contribution in [0.2, 0.25) is 5.15 Å². The maximum absolute atomic E-state index is 5.83. The summed E-state index contributed by atoms with van der Waals surface area (Å²) < 4.78 is 0. The molecule has 0 unspecified atom stereocenters. The lowest BCUT2D eigenvalue weighted by Crippen LogP contribution is -2.31. The Bertz CT molecular complexity index is 342. The van der Waals surface area contributed by atoms with Crippen molar-refractivity contribution in [3.8, 4) is 0 Å². The van der Waals surface area contributed by atoms with E-state index in [0.29, 0.717) is 11.2 Å². The second kappa shape index (κ2) is 4.33. The van der Waals surface area contributed by atoms with Crippen LogP contribution in [0, 0.1) is 0 Å². The highest BCUT2D eigenvalue weighted by molar-refractivity contribution is 6.29. The molecular formula is C10H15ClN4. The maximum Gasteiger partial charge on any atom is 0.134 e. The summed E-state index contributed by atoms with van der Waals surface area (Å²) in [5, 5.41) is 0.508. The van der Waals surface area contributed by atoms with Crippen molar-refractivity contribution in [3.05, 3.63) is 17.5 Å². The first-order chi connectivity index (χ1) is 7.16. The molecule has 2 rings (SSSR count). The van der Waals surface area contributed by atoms with Crippen molar-refractivity contribution < 1.29 is 0 Å². The summed E-state index contributed by atoms with van der Waals surface area (Å²) in [7, 11) is 4.22. The minimum atomic E-state index is 0.508. The van der Waals surface area contributed by atoms with Gasteiger partial charge in [-0.1, -0.05) is 11.6 Å². The molecule has 1 aromatic heterocycles. The Kier molecular flexibility index (Phi) is 3.07. The van der Waals surface area contributed by atoms with Gasteiger partial charge < -0.3 is 9.80 Å². The number of halogens is 1. The van der Waals surface area contributed by atoms with Crippen LogP contribution in [0.25, 0.3) is 0 Å². The van der Waals surface area contributed by atoms with Crippen LogP contribution in [-0.4, -0.2) is 48.1 Å². The molecule has 0 bridgehead atoms. The van der Waals surface area contributed by atoms with Crippen LogP contribution in [0.5, 0.6) is 0 Å². The predicted molar refractivity (Wildman–Crippen MR) is 61.3 cm³/mol. The molecule has 1 aromatic rings. The zero-order valence-corrected chi connectivity index (χ0v) is 9.78. The van der Waals surface area contributed by atoms with Crippen molar-refractivity contribution in [1.29, 1.82) is 0 Å².